The molecule has 0 aliphatic carbocycles. The summed E-state index contributed by atoms with van der Waals surface area (Å²) in [7, 11) is -2.40. The van der Waals surface area contributed by atoms with Gasteiger partial charge in [-0.1, -0.05) is 36.2 Å². The Balaban J connectivity index is 2.47. The molecular weight excluding hydrogens is 423 g/mol. The Morgan fingerprint density at radius 2 is 1.89 bits per heavy atom. The van der Waals surface area contributed by atoms with Gasteiger partial charge in [0.2, 0.25) is 15.9 Å². The number of carbonyl (C=O) groups is 1. The highest BCUT2D eigenvalue weighted by Crippen LogP contribution is 2.35. The fourth-order valence-corrected chi connectivity index (χ4v) is 4.32. The van der Waals surface area contributed by atoms with Gasteiger partial charge in [0.15, 0.2) is 0 Å². The number of hydrogen-bond donors (Lipinski definition) is 1. The lowest BCUT2D eigenvalue weighted by atomic mass is 10.1. The number of carbonyl (C=O) groups excluding carboxylic acids is 1. The molecule has 2 rings (SSSR count). The molecular formula is C19H22Cl2N2O4S. The highest BCUT2D eigenvalue weighted by molar-refractivity contribution is 7.92. The largest absolute Gasteiger partial charge is 0.495 e. The number of aryl methyl sites for hydroxylation is 1. The minimum Gasteiger partial charge on any atom is -0.495 e. The van der Waals surface area contributed by atoms with Crippen LogP contribution in [0.15, 0.2) is 36.4 Å². The van der Waals surface area contributed by atoms with Crippen LogP contribution in [0.25, 0.3) is 0 Å². The van der Waals surface area contributed by atoms with Crippen LogP contribution < -0.4 is 14.4 Å². The van der Waals surface area contributed by atoms with Crippen molar-refractivity contribution in [1.82, 2.24) is 0 Å². The van der Waals surface area contributed by atoms with Crippen LogP contribution in [0, 0.1) is 6.92 Å². The zero-order valence-electron chi connectivity index (χ0n) is 16.0. The molecule has 2 aromatic rings. The summed E-state index contributed by atoms with van der Waals surface area (Å²) < 4.78 is 31.5. The minimum absolute atomic E-state index is 0.196. The summed E-state index contributed by atoms with van der Waals surface area (Å²) >= 11 is 12.2. The maximum Gasteiger partial charge on any atom is 0.248 e. The molecule has 0 spiro atoms. The fraction of sp³-hybridized carbons (Fsp3) is 0.316. The van der Waals surface area contributed by atoms with Crippen LogP contribution in [0.1, 0.15) is 18.9 Å². The summed E-state index contributed by atoms with van der Waals surface area (Å²) in [5.41, 5.74) is 1.54. The summed E-state index contributed by atoms with van der Waals surface area (Å²) in [6.45, 7) is 3.57. The van der Waals surface area contributed by atoms with Gasteiger partial charge < -0.3 is 10.1 Å². The van der Waals surface area contributed by atoms with Crippen molar-refractivity contribution in [1.29, 1.82) is 0 Å². The second-order valence-electron chi connectivity index (χ2n) is 6.25. The highest BCUT2D eigenvalue weighted by Gasteiger charge is 2.33. The van der Waals surface area contributed by atoms with E-state index in [-0.39, 0.29) is 12.1 Å². The normalized spacial score (nSPS) is 12.4. The van der Waals surface area contributed by atoms with Crippen LogP contribution in [-0.4, -0.2) is 33.7 Å². The van der Waals surface area contributed by atoms with Gasteiger partial charge in [0.1, 0.15) is 11.8 Å². The predicted octanol–water partition coefficient (Wildman–Crippen LogP) is 4.49. The van der Waals surface area contributed by atoms with E-state index in [1.165, 1.54) is 13.2 Å². The van der Waals surface area contributed by atoms with Crippen LogP contribution in [0.5, 0.6) is 5.75 Å². The smallest absolute Gasteiger partial charge is 0.248 e. The Kier molecular flexibility index (Phi) is 7.20. The van der Waals surface area contributed by atoms with Crippen molar-refractivity contribution < 1.29 is 17.9 Å². The lowest BCUT2D eigenvalue weighted by Gasteiger charge is -2.31. The van der Waals surface area contributed by atoms with E-state index in [9.17, 15) is 13.2 Å². The van der Waals surface area contributed by atoms with E-state index in [1.807, 2.05) is 6.92 Å². The second-order valence-corrected chi connectivity index (χ2v) is 8.96. The van der Waals surface area contributed by atoms with Gasteiger partial charge >= 0.3 is 0 Å². The van der Waals surface area contributed by atoms with Crippen molar-refractivity contribution in [2.75, 3.05) is 23.0 Å². The van der Waals surface area contributed by atoms with E-state index in [0.29, 0.717) is 21.5 Å². The van der Waals surface area contributed by atoms with Crippen LogP contribution in [0.2, 0.25) is 10.0 Å². The third-order valence-corrected chi connectivity index (χ3v) is 5.96. The number of halogens is 2. The first-order valence-corrected chi connectivity index (χ1v) is 11.1. The van der Waals surface area contributed by atoms with E-state index in [4.69, 9.17) is 27.9 Å². The third kappa shape index (κ3) is 5.10. The van der Waals surface area contributed by atoms with Gasteiger partial charge in [-0.25, -0.2) is 8.42 Å². The number of nitrogens with zero attached hydrogens (tertiary/aromatic N) is 1. The Morgan fingerprint density at radius 3 is 2.43 bits per heavy atom. The van der Waals surface area contributed by atoms with Crippen molar-refractivity contribution in [3.8, 4) is 5.75 Å². The van der Waals surface area contributed by atoms with E-state index < -0.39 is 22.0 Å². The van der Waals surface area contributed by atoms with Crippen molar-refractivity contribution in [2.24, 2.45) is 0 Å². The topological polar surface area (TPSA) is 75.7 Å². The molecule has 0 saturated carbocycles. The average Bonchev–Trinajstić information content (AvgIpc) is 2.61. The molecule has 0 fully saturated rings. The van der Waals surface area contributed by atoms with Crippen molar-refractivity contribution in [3.05, 3.63) is 52.0 Å². The molecule has 2 aromatic carbocycles. The first kappa shape index (κ1) is 22.3. The monoisotopic (exact) mass is 444 g/mol. The average molecular weight is 445 g/mol. The van der Waals surface area contributed by atoms with Gasteiger partial charge in [-0.3, -0.25) is 9.10 Å². The number of sulfonamides is 1. The first-order valence-electron chi connectivity index (χ1n) is 8.48. The van der Waals surface area contributed by atoms with Gasteiger partial charge in [0, 0.05) is 15.7 Å². The molecule has 0 unspecified atom stereocenters. The molecule has 0 heterocycles. The van der Waals surface area contributed by atoms with Gasteiger partial charge in [-0.2, -0.15) is 0 Å². The molecule has 1 atom stereocenters. The van der Waals surface area contributed by atoms with Crippen LogP contribution >= 0.6 is 23.2 Å². The quantitative estimate of drug-likeness (QED) is 0.681. The van der Waals surface area contributed by atoms with E-state index in [0.717, 1.165) is 16.1 Å². The van der Waals surface area contributed by atoms with E-state index >= 15 is 0 Å². The standard InChI is InChI=1S/C19H22Cl2N2O4S/c1-5-16(19(24)22-14-8-6-12(2)15(21)11-14)23(28(4,25)26)17-10-13(20)7-9-18(17)27-3/h6-11,16H,5H2,1-4H3,(H,22,24)/t16-/m0/s1. The summed E-state index contributed by atoms with van der Waals surface area (Å²) in [5.74, 6) is -0.200. The Morgan fingerprint density at radius 1 is 1.21 bits per heavy atom. The zero-order valence-corrected chi connectivity index (χ0v) is 18.3. The number of hydrogen-bond acceptors (Lipinski definition) is 4. The van der Waals surface area contributed by atoms with Gasteiger partial charge in [0.05, 0.1) is 19.1 Å². The van der Waals surface area contributed by atoms with Gasteiger partial charge in [-0.05, 0) is 49.2 Å². The molecule has 0 aromatic heterocycles. The van der Waals surface area contributed by atoms with E-state index in [1.54, 1.807) is 37.3 Å². The summed E-state index contributed by atoms with van der Waals surface area (Å²) in [6.07, 6.45) is 1.26. The molecule has 9 heteroatoms. The summed E-state index contributed by atoms with van der Waals surface area (Å²) in [4.78, 5) is 13.0. The van der Waals surface area contributed by atoms with Crippen molar-refractivity contribution in [3.63, 3.8) is 0 Å². The number of rotatable bonds is 7. The number of nitrogens with one attached hydrogen (secondary N) is 1. The Hall–Kier alpha value is -1.96. The third-order valence-electron chi connectivity index (χ3n) is 4.15. The zero-order chi connectivity index (χ0) is 21.1. The molecule has 152 valence electrons. The summed E-state index contributed by atoms with van der Waals surface area (Å²) in [6, 6.07) is 8.68. The molecule has 0 aliphatic heterocycles. The minimum atomic E-state index is -3.82. The number of amides is 1. The maximum absolute atomic E-state index is 13.0. The van der Waals surface area contributed by atoms with Crippen molar-refractivity contribution >= 4 is 50.5 Å². The second kappa shape index (κ2) is 9.03. The van der Waals surface area contributed by atoms with Crippen LogP contribution in [-0.2, 0) is 14.8 Å². The fourth-order valence-electron chi connectivity index (χ4n) is 2.77. The SMILES string of the molecule is CC[C@@H](C(=O)Nc1ccc(C)c(Cl)c1)N(c1cc(Cl)ccc1OC)S(C)(=O)=O. The molecule has 0 radical (unpaired) electrons. The van der Waals surface area contributed by atoms with E-state index in [2.05, 4.69) is 5.32 Å². The molecule has 1 N–H and O–H groups in total. The molecule has 0 saturated heterocycles. The number of benzene rings is 2. The number of methoxy groups -OCH3 is 1. The highest BCUT2D eigenvalue weighted by atomic mass is 35.5. The number of ether oxygens (including phenoxy) is 1. The first-order chi connectivity index (χ1) is 13.1. The number of anilines is 2. The van der Waals surface area contributed by atoms with Crippen LogP contribution in [0.4, 0.5) is 11.4 Å². The lowest BCUT2D eigenvalue weighted by Crippen LogP contribution is -2.47. The molecule has 0 bridgehead atoms. The van der Waals surface area contributed by atoms with Gasteiger partial charge in [0.25, 0.3) is 0 Å². The van der Waals surface area contributed by atoms with Crippen LogP contribution in [0.3, 0.4) is 0 Å². The Bertz CT molecular complexity index is 980. The molecule has 0 aliphatic rings. The summed E-state index contributed by atoms with van der Waals surface area (Å²) in [5, 5.41) is 3.56. The van der Waals surface area contributed by atoms with Gasteiger partial charge in [-0.15, -0.1) is 0 Å². The molecule has 6 nitrogen and oxygen atoms in total. The molecule has 1 amide bonds. The lowest BCUT2D eigenvalue weighted by molar-refractivity contribution is -0.117. The predicted molar refractivity (Wildman–Crippen MR) is 114 cm³/mol. The Labute approximate surface area is 175 Å². The molecule has 28 heavy (non-hydrogen) atoms. The van der Waals surface area contributed by atoms with Crippen molar-refractivity contribution in [2.45, 2.75) is 26.3 Å². The maximum atomic E-state index is 13.0.